The topological polar surface area (TPSA) is 47.3 Å². The van der Waals surface area contributed by atoms with Gasteiger partial charge in [0.2, 0.25) is 0 Å². The zero-order valence-corrected chi connectivity index (χ0v) is 11.0. The van der Waals surface area contributed by atoms with Crippen LogP contribution in [0.1, 0.15) is 31.2 Å². The average molecular weight is 265 g/mol. The van der Waals surface area contributed by atoms with Crippen LogP contribution < -0.4 is 4.90 Å². The van der Waals surface area contributed by atoms with Crippen molar-refractivity contribution in [1.29, 1.82) is 5.26 Å². The second kappa shape index (κ2) is 6.08. The summed E-state index contributed by atoms with van der Waals surface area (Å²) in [5.74, 6) is 0. The van der Waals surface area contributed by atoms with E-state index in [2.05, 4.69) is 11.0 Å². The van der Waals surface area contributed by atoms with E-state index in [1.165, 1.54) is 19.3 Å². The van der Waals surface area contributed by atoms with Gasteiger partial charge < -0.3 is 10.0 Å². The predicted molar refractivity (Wildman–Crippen MR) is 72.9 cm³/mol. The Kier molecular flexibility index (Phi) is 4.46. The van der Waals surface area contributed by atoms with Gasteiger partial charge >= 0.3 is 0 Å². The lowest BCUT2D eigenvalue weighted by Gasteiger charge is -2.39. The first-order chi connectivity index (χ1) is 8.76. The van der Waals surface area contributed by atoms with Crippen LogP contribution in [-0.2, 0) is 0 Å². The molecule has 18 heavy (non-hydrogen) atoms. The van der Waals surface area contributed by atoms with E-state index in [0.717, 1.165) is 18.7 Å². The molecule has 4 heteroatoms. The van der Waals surface area contributed by atoms with E-state index in [-0.39, 0.29) is 6.61 Å². The Bertz CT molecular complexity index is 452. The second-order valence-electron chi connectivity index (χ2n) is 4.63. The van der Waals surface area contributed by atoms with Crippen LogP contribution in [0.5, 0.6) is 0 Å². The van der Waals surface area contributed by atoms with Gasteiger partial charge in [0.1, 0.15) is 6.07 Å². The monoisotopic (exact) mass is 264 g/mol. The molecule has 0 aromatic heterocycles. The highest BCUT2D eigenvalue weighted by Crippen LogP contribution is 2.31. The average Bonchev–Trinajstić information content (AvgIpc) is 2.32. The lowest BCUT2D eigenvalue weighted by molar-refractivity contribution is 0.283. The van der Waals surface area contributed by atoms with Crippen LogP contribution in [0.25, 0.3) is 0 Å². The van der Waals surface area contributed by atoms with E-state index in [9.17, 15) is 0 Å². The number of nitriles is 1. The van der Waals surface area contributed by atoms with Gasteiger partial charge in [-0.1, -0.05) is 11.6 Å². The summed E-state index contributed by atoms with van der Waals surface area (Å²) in [7, 11) is 0. The summed E-state index contributed by atoms with van der Waals surface area (Å²) in [5, 5.41) is 18.4. The van der Waals surface area contributed by atoms with Crippen molar-refractivity contribution in [2.75, 3.05) is 18.1 Å². The van der Waals surface area contributed by atoms with E-state index >= 15 is 0 Å². The first-order valence-electron chi connectivity index (χ1n) is 6.33. The number of halogens is 1. The minimum atomic E-state index is 0.202. The van der Waals surface area contributed by atoms with Gasteiger partial charge in [-0.15, -0.1) is 0 Å². The van der Waals surface area contributed by atoms with Gasteiger partial charge in [-0.25, -0.2) is 0 Å². The number of benzene rings is 1. The number of anilines is 1. The van der Waals surface area contributed by atoms with Crippen LogP contribution in [0, 0.1) is 11.3 Å². The normalized spacial score (nSPS) is 14.9. The molecule has 0 unspecified atom stereocenters. The van der Waals surface area contributed by atoms with E-state index < -0.39 is 0 Å². The number of rotatable bonds is 5. The van der Waals surface area contributed by atoms with Crippen LogP contribution in [0.4, 0.5) is 5.69 Å². The Morgan fingerprint density at radius 3 is 2.72 bits per heavy atom. The number of aliphatic hydroxyl groups excluding tert-OH is 1. The lowest BCUT2D eigenvalue weighted by Crippen LogP contribution is -2.41. The molecule has 0 bridgehead atoms. The molecule has 96 valence electrons. The summed E-state index contributed by atoms with van der Waals surface area (Å²) in [6.45, 7) is 1.04. The first-order valence-corrected chi connectivity index (χ1v) is 6.71. The minimum Gasteiger partial charge on any atom is -0.396 e. The van der Waals surface area contributed by atoms with Crippen molar-refractivity contribution in [1.82, 2.24) is 0 Å². The maximum Gasteiger partial charge on any atom is 0.101 e. The maximum absolute atomic E-state index is 8.98. The van der Waals surface area contributed by atoms with Gasteiger partial charge in [-0.05, 0) is 43.9 Å². The summed E-state index contributed by atoms with van der Waals surface area (Å²) in [5.41, 5.74) is 1.56. The largest absolute Gasteiger partial charge is 0.396 e. The zero-order valence-electron chi connectivity index (χ0n) is 10.3. The fourth-order valence-electron chi connectivity index (χ4n) is 2.24. The molecule has 1 aromatic rings. The highest BCUT2D eigenvalue weighted by Gasteiger charge is 2.25. The Hall–Kier alpha value is -1.24. The van der Waals surface area contributed by atoms with Crippen LogP contribution in [-0.4, -0.2) is 24.3 Å². The molecule has 3 nitrogen and oxygen atoms in total. The Balaban J connectivity index is 2.19. The van der Waals surface area contributed by atoms with Gasteiger partial charge in [0.25, 0.3) is 0 Å². The van der Waals surface area contributed by atoms with E-state index in [0.29, 0.717) is 16.6 Å². The first kappa shape index (κ1) is 13.2. The maximum atomic E-state index is 8.98. The van der Waals surface area contributed by atoms with Crippen LogP contribution in [0.3, 0.4) is 0 Å². The van der Waals surface area contributed by atoms with Gasteiger partial charge in [-0.3, -0.25) is 0 Å². The molecule has 1 aromatic carbocycles. The zero-order chi connectivity index (χ0) is 13.0. The summed E-state index contributed by atoms with van der Waals surface area (Å²) < 4.78 is 0. The Morgan fingerprint density at radius 1 is 1.44 bits per heavy atom. The Labute approximate surface area is 113 Å². The number of aliphatic hydroxyl groups is 1. The second-order valence-corrected chi connectivity index (χ2v) is 5.04. The molecule has 0 saturated heterocycles. The molecule has 1 aliphatic rings. The quantitative estimate of drug-likeness (QED) is 0.889. The summed E-state index contributed by atoms with van der Waals surface area (Å²) in [6, 6.07) is 8.20. The van der Waals surface area contributed by atoms with Gasteiger partial charge in [0, 0.05) is 24.9 Å². The van der Waals surface area contributed by atoms with Crippen LogP contribution in [0.15, 0.2) is 18.2 Å². The molecule has 0 heterocycles. The van der Waals surface area contributed by atoms with E-state index in [1.807, 2.05) is 12.1 Å². The predicted octanol–water partition coefficient (Wildman–Crippen LogP) is 2.95. The molecule has 0 amide bonds. The molecule has 2 rings (SSSR count). The van der Waals surface area contributed by atoms with Crippen molar-refractivity contribution in [2.45, 2.75) is 31.7 Å². The molecule has 1 N–H and O–H groups in total. The molecule has 0 atom stereocenters. The van der Waals surface area contributed by atoms with Crippen molar-refractivity contribution in [3.63, 3.8) is 0 Å². The minimum absolute atomic E-state index is 0.202. The summed E-state index contributed by atoms with van der Waals surface area (Å²) >= 11 is 6.07. The van der Waals surface area contributed by atoms with Gasteiger partial charge in [0.15, 0.2) is 0 Å². The van der Waals surface area contributed by atoms with Crippen molar-refractivity contribution >= 4 is 17.3 Å². The summed E-state index contributed by atoms with van der Waals surface area (Å²) in [6.07, 6.45) is 4.42. The SMILES string of the molecule is N#Cc1ccc(N(CCCO)C2CCC2)cc1Cl. The molecule has 0 radical (unpaired) electrons. The molecular formula is C14H17ClN2O. The summed E-state index contributed by atoms with van der Waals surface area (Å²) in [4.78, 5) is 2.30. The number of hydrogen-bond donors (Lipinski definition) is 1. The highest BCUT2D eigenvalue weighted by atomic mass is 35.5. The fraction of sp³-hybridized carbons (Fsp3) is 0.500. The third kappa shape index (κ3) is 2.77. The number of nitrogens with zero attached hydrogens (tertiary/aromatic N) is 2. The van der Waals surface area contributed by atoms with Crippen molar-refractivity contribution in [3.8, 4) is 6.07 Å². The lowest BCUT2D eigenvalue weighted by atomic mass is 9.91. The third-order valence-electron chi connectivity index (χ3n) is 3.48. The third-order valence-corrected chi connectivity index (χ3v) is 3.79. The fourth-order valence-corrected chi connectivity index (χ4v) is 2.45. The van der Waals surface area contributed by atoms with Crippen molar-refractivity contribution in [3.05, 3.63) is 28.8 Å². The molecular weight excluding hydrogens is 248 g/mol. The smallest absolute Gasteiger partial charge is 0.101 e. The van der Waals surface area contributed by atoms with Crippen molar-refractivity contribution < 1.29 is 5.11 Å². The molecule has 0 spiro atoms. The van der Waals surface area contributed by atoms with Gasteiger partial charge in [-0.2, -0.15) is 5.26 Å². The number of hydrogen-bond acceptors (Lipinski definition) is 3. The highest BCUT2D eigenvalue weighted by molar-refractivity contribution is 6.32. The van der Waals surface area contributed by atoms with Crippen LogP contribution >= 0.6 is 11.6 Å². The van der Waals surface area contributed by atoms with Crippen molar-refractivity contribution in [2.24, 2.45) is 0 Å². The standard InChI is InChI=1S/C14H17ClN2O/c15-14-9-13(6-5-11(14)10-16)17(7-2-8-18)12-3-1-4-12/h5-6,9,12,18H,1-4,7-8H2. The molecule has 1 fully saturated rings. The van der Waals surface area contributed by atoms with E-state index in [4.69, 9.17) is 22.0 Å². The molecule has 0 aliphatic heterocycles. The van der Waals surface area contributed by atoms with E-state index in [1.54, 1.807) is 6.07 Å². The van der Waals surface area contributed by atoms with Gasteiger partial charge in [0.05, 0.1) is 10.6 Å². The van der Waals surface area contributed by atoms with Crippen LogP contribution in [0.2, 0.25) is 5.02 Å². The molecule has 1 saturated carbocycles. The molecule has 1 aliphatic carbocycles. The Morgan fingerprint density at radius 2 is 2.22 bits per heavy atom.